The summed E-state index contributed by atoms with van der Waals surface area (Å²) in [5.41, 5.74) is -0.634. The van der Waals surface area contributed by atoms with Gasteiger partial charge in [-0.15, -0.1) is 10.2 Å². The Hall–Kier alpha value is -2.39. The van der Waals surface area contributed by atoms with E-state index in [0.717, 1.165) is 54.7 Å². The Bertz CT molecular complexity index is 870. The summed E-state index contributed by atoms with van der Waals surface area (Å²) in [4.78, 5) is 14.6. The quantitative estimate of drug-likeness (QED) is 0.704. The number of hydrogen-bond donors (Lipinski definition) is 0. The van der Waals surface area contributed by atoms with Crippen LogP contribution < -0.4 is 0 Å². The Balaban J connectivity index is 1.36. The normalized spacial score (nSPS) is 19.9. The Kier molecular flexibility index (Phi) is 5.35. The molecule has 1 unspecified atom stereocenters. The second-order valence-electron chi connectivity index (χ2n) is 8.09. The number of likely N-dealkylation sites (tertiary alicyclic amines) is 1. The SMILES string of the molecule is Cc1cc(C(F)(F)F)nn1CC(=O)N1CCCC1CCc1nncn1CC1CC1. The van der Waals surface area contributed by atoms with E-state index in [0.29, 0.717) is 12.2 Å². The van der Waals surface area contributed by atoms with Crippen LogP contribution in [0.2, 0.25) is 0 Å². The van der Waals surface area contributed by atoms with Gasteiger partial charge in [-0.05, 0) is 51.0 Å². The van der Waals surface area contributed by atoms with E-state index < -0.39 is 11.9 Å². The van der Waals surface area contributed by atoms with Crippen LogP contribution in [0.1, 0.15) is 49.3 Å². The predicted octanol–water partition coefficient (Wildman–Crippen LogP) is 2.84. The van der Waals surface area contributed by atoms with E-state index in [2.05, 4.69) is 19.9 Å². The molecule has 4 rings (SSSR count). The zero-order chi connectivity index (χ0) is 20.6. The van der Waals surface area contributed by atoms with Crippen LogP contribution >= 0.6 is 0 Å². The number of aromatic nitrogens is 5. The second-order valence-corrected chi connectivity index (χ2v) is 8.09. The van der Waals surface area contributed by atoms with Crippen molar-refractivity contribution in [1.29, 1.82) is 0 Å². The fourth-order valence-electron chi connectivity index (χ4n) is 3.99. The summed E-state index contributed by atoms with van der Waals surface area (Å²) in [7, 11) is 0. The highest BCUT2D eigenvalue weighted by atomic mass is 19.4. The van der Waals surface area contributed by atoms with Crippen LogP contribution in [-0.2, 0) is 30.5 Å². The van der Waals surface area contributed by atoms with Crippen molar-refractivity contribution < 1.29 is 18.0 Å². The molecule has 2 aromatic heterocycles. The minimum Gasteiger partial charge on any atom is -0.338 e. The number of rotatable bonds is 7. The lowest BCUT2D eigenvalue weighted by Crippen LogP contribution is -2.38. The van der Waals surface area contributed by atoms with Crippen molar-refractivity contribution in [2.24, 2.45) is 5.92 Å². The summed E-state index contributed by atoms with van der Waals surface area (Å²) in [6.07, 6.45) is 3.08. The Labute approximate surface area is 166 Å². The molecule has 1 saturated carbocycles. The first-order valence-corrected chi connectivity index (χ1v) is 10.1. The lowest BCUT2D eigenvalue weighted by atomic mass is 10.1. The van der Waals surface area contributed by atoms with Crippen molar-refractivity contribution in [1.82, 2.24) is 29.4 Å². The molecule has 2 aromatic rings. The summed E-state index contributed by atoms with van der Waals surface area (Å²) in [6, 6.07) is 1.05. The van der Waals surface area contributed by atoms with E-state index in [-0.39, 0.29) is 18.5 Å². The van der Waals surface area contributed by atoms with Crippen LogP contribution in [0.15, 0.2) is 12.4 Å². The minimum absolute atomic E-state index is 0.0755. The fourth-order valence-corrected chi connectivity index (χ4v) is 3.99. The molecule has 0 radical (unpaired) electrons. The molecule has 1 atom stereocenters. The molecule has 0 bridgehead atoms. The van der Waals surface area contributed by atoms with Gasteiger partial charge in [0.1, 0.15) is 18.7 Å². The number of amides is 1. The van der Waals surface area contributed by atoms with E-state index in [1.807, 2.05) is 0 Å². The number of carbonyl (C=O) groups excluding carboxylic acids is 1. The van der Waals surface area contributed by atoms with Crippen LogP contribution in [0, 0.1) is 12.8 Å². The monoisotopic (exact) mass is 410 g/mol. The van der Waals surface area contributed by atoms with Gasteiger partial charge in [-0.2, -0.15) is 18.3 Å². The fraction of sp³-hybridized carbons (Fsp3) is 0.684. The third kappa shape index (κ3) is 4.62. The number of nitrogens with zero attached hydrogens (tertiary/aromatic N) is 6. The first-order valence-electron chi connectivity index (χ1n) is 10.1. The van der Waals surface area contributed by atoms with Gasteiger partial charge < -0.3 is 9.47 Å². The predicted molar refractivity (Wildman–Crippen MR) is 97.8 cm³/mol. The van der Waals surface area contributed by atoms with Crippen molar-refractivity contribution in [2.75, 3.05) is 6.54 Å². The Morgan fingerprint density at radius 2 is 2.07 bits per heavy atom. The molecule has 1 saturated heterocycles. The molecule has 10 heteroatoms. The van der Waals surface area contributed by atoms with Crippen LogP contribution in [-0.4, -0.2) is 47.9 Å². The smallest absolute Gasteiger partial charge is 0.338 e. The molecule has 158 valence electrons. The van der Waals surface area contributed by atoms with Crippen molar-refractivity contribution in [3.63, 3.8) is 0 Å². The summed E-state index contributed by atoms with van der Waals surface area (Å²) >= 11 is 0. The number of hydrogen-bond acceptors (Lipinski definition) is 4. The van der Waals surface area contributed by atoms with Crippen molar-refractivity contribution >= 4 is 5.91 Å². The lowest BCUT2D eigenvalue weighted by molar-refractivity contribution is -0.142. The molecule has 0 spiro atoms. The summed E-state index contributed by atoms with van der Waals surface area (Å²) in [6.45, 7) is 2.94. The average Bonchev–Trinajstić information content (AvgIpc) is 3.03. The number of carbonyl (C=O) groups is 1. The maximum atomic E-state index is 12.8. The van der Waals surface area contributed by atoms with Crippen molar-refractivity contribution in [3.8, 4) is 0 Å². The molecule has 0 N–H and O–H groups in total. The minimum atomic E-state index is -4.51. The van der Waals surface area contributed by atoms with E-state index >= 15 is 0 Å². The zero-order valence-corrected chi connectivity index (χ0v) is 16.4. The Morgan fingerprint density at radius 1 is 1.28 bits per heavy atom. The molecule has 2 fully saturated rings. The van der Waals surface area contributed by atoms with Gasteiger partial charge in [0.2, 0.25) is 5.91 Å². The largest absolute Gasteiger partial charge is 0.435 e. The van der Waals surface area contributed by atoms with Crippen LogP contribution in [0.4, 0.5) is 13.2 Å². The van der Waals surface area contributed by atoms with Gasteiger partial charge in [0.25, 0.3) is 0 Å². The summed E-state index contributed by atoms with van der Waals surface area (Å²) in [5.74, 6) is 1.48. The van der Waals surface area contributed by atoms with Gasteiger partial charge in [0.05, 0.1) is 0 Å². The molecular weight excluding hydrogens is 385 g/mol. The highest BCUT2D eigenvalue weighted by Crippen LogP contribution is 2.31. The summed E-state index contributed by atoms with van der Waals surface area (Å²) < 4.78 is 41.8. The van der Waals surface area contributed by atoms with E-state index in [1.165, 1.54) is 19.8 Å². The van der Waals surface area contributed by atoms with Gasteiger partial charge in [-0.1, -0.05) is 0 Å². The van der Waals surface area contributed by atoms with Gasteiger partial charge >= 0.3 is 6.18 Å². The highest BCUT2D eigenvalue weighted by Gasteiger charge is 2.35. The van der Waals surface area contributed by atoms with E-state index in [1.54, 1.807) is 11.2 Å². The first-order chi connectivity index (χ1) is 13.8. The van der Waals surface area contributed by atoms with Gasteiger partial charge in [-0.25, -0.2) is 0 Å². The third-order valence-electron chi connectivity index (χ3n) is 5.80. The third-order valence-corrected chi connectivity index (χ3v) is 5.80. The molecule has 29 heavy (non-hydrogen) atoms. The molecular formula is C19H25F3N6O. The molecule has 3 heterocycles. The van der Waals surface area contributed by atoms with E-state index in [4.69, 9.17) is 0 Å². The molecule has 2 aliphatic rings. The molecule has 1 aliphatic carbocycles. The van der Waals surface area contributed by atoms with Crippen molar-refractivity contribution in [2.45, 2.75) is 70.8 Å². The lowest BCUT2D eigenvalue weighted by Gasteiger charge is -2.25. The molecule has 7 nitrogen and oxygen atoms in total. The molecule has 1 aliphatic heterocycles. The zero-order valence-electron chi connectivity index (χ0n) is 16.4. The second kappa shape index (κ2) is 7.79. The van der Waals surface area contributed by atoms with Gasteiger partial charge in [0, 0.05) is 31.2 Å². The number of aryl methyl sites for hydroxylation is 2. The number of alkyl halides is 3. The van der Waals surface area contributed by atoms with Crippen LogP contribution in [0.3, 0.4) is 0 Å². The van der Waals surface area contributed by atoms with Crippen LogP contribution in [0.25, 0.3) is 0 Å². The molecule has 0 aromatic carbocycles. The average molecular weight is 410 g/mol. The maximum absolute atomic E-state index is 12.8. The first kappa shape index (κ1) is 19.9. The standard InChI is InChI=1S/C19H25F3N6O/c1-13-9-16(19(20,21)22)25-28(13)11-18(29)27-8-2-3-15(27)6-7-17-24-23-12-26(17)10-14-4-5-14/h9,12,14-15H,2-8,10-11H2,1H3. The number of halogens is 3. The highest BCUT2D eigenvalue weighted by molar-refractivity contribution is 5.76. The van der Waals surface area contributed by atoms with Crippen molar-refractivity contribution in [3.05, 3.63) is 29.6 Å². The Morgan fingerprint density at radius 3 is 2.76 bits per heavy atom. The topological polar surface area (TPSA) is 68.8 Å². The van der Waals surface area contributed by atoms with Gasteiger partial charge in [-0.3, -0.25) is 9.48 Å². The summed E-state index contributed by atoms with van der Waals surface area (Å²) in [5, 5.41) is 11.8. The van der Waals surface area contributed by atoms with Gasteiger partial charge in [0.15, 0.2) is 5.69 Å². The molecule has 1 amide bonds. The van der Waals surface area contributed by atoms with Crippen LogP contribution in [0.5, 0.6) is 0 Å². The maximum Gasteiger partial charge on any atom is 0.435 e. The van der Waals surface area contributed by atoms with E-state index in [9.17, 15) is 18.0 Å².